The highest BCUT2D eigenvalue weighted by atomic mass is 79.9. The van der Waals surface area contributed by atoms with Gasteiger partial charge in [-0.2, -0.15) is 5.26 Å². The van der Waals surface area contributed by atoms with Crippen molar-refractivity contribution in [3.8, 4) is 17.6 Å². The number of hydrogen-bond donors (Lipinski definition) is 1. The first-order chi connectivity index (χ1) is 13.3. The summed E-state index contributed by atoms with van der Waals surface area (Å²) in [5.41, 5.74) is 6.83. The second-order valence-corrected chi connectivity index (χ2v) is 7.26. The van der Waals surface area contributed by atoms with Crippen molar-refractivity contribution in [2.24, 2.45) is 5.73 Å². The topological polar surface area (TPSA) is 104 Å². The van der Waals surface area contributed by atoms with Gasteiger partial charge in [0.2, 0.25) is 5.88 Å². The number of esters is 1. The van der Waals surface area contributed by atoms with Gasteiger partial charge in [0.1, 0.15) is 17.4 Å². The number of methoxy groups -OCH3 is 1. The van der Waals surface area contributed by atoms with E-state index >= 15 is 0 Å². The van der Waals surface area contributed by atoms with Gasteiger partial charge in [-0.3, -0.25) is 0 Å². The van der Waals surface area contributed by atoms with E-state index in [1.807, 2.05) is 6.92 Å². The van der Waals surface area contributed by atoms with Crippen LogP contribution >= 0.6 is 31.9 Å². The molecule has 150 valence electrons. The molecule has 0 fully saturated rings. The Balaban J connectivity index is 2.79. The van der Waals surface area contributed by atoms with Crippen LogP contribution in [-0.2, 0) is 14.3 Å². The zero-order chi connectivity index (χ0) is 21.0. The number of allylic oxidation sites excluding steroid dienone is 2. The smallest absolute Gasteiger partial charge is 0.338 e. The highest BCUT2D eigenvalue weighted by molar-refractivity contribution is 9.13. The fraction of sp³-hybridized carbons (Fsp3) is 0.368. The van der Waals surface area contributed by atoms with Crippen molar-refractivity contribution in [3.63, 3.8) is 0 Å². The second kappa shape index (κ2) is 9.34. The van der Waals surface area contributed by atoms with Crippen LogP contribution in [0.15, 0.2) is 37.8 Å². The molecule has 28 heavy (non-hydrogen) atoms. The number of ether oxygens (including phenoxy) is 4. The Morgan fingerprint density at radius 2 is 2.00 bits per heavy atom. The summed E-state index contributed by atoms with van der Waals surface area (Å²) in [6, 6.07) is 3.75. The molecule has 1 aromatic carbocycles. The predicted octanol–water partition coefficient (Wildman–Crippen LogP) is 4.26. The molecule has 2 rings (SSSR count). The summed E-state index contributed by atoms with van der Waals surface area (Å²) in [6.45, 7) is 5.78. The number of nitrogens with zero attached hydrogens (tertiary/aromatic N) is 1. The highest BCUT2D eigenvalue weighted by Crippen LogP contribution is 2.49. The number of benzene rings is 1. The predicted molar refractivity (Wildman–Crippen MR) is 110 cm³/mol. The maximum Gasteiger partial charge on any atom is 0.338 e. The third-order valence-electron chi connectivity index (χ3n) is 4.08. The zero-order valence-corrected chi connectivity index (χ0v) is 19.1. The molecule has 2 N–H and O–H groups in total. The van der Waals surface area contributed by atoms with Gasteiger partial charge < -0.3 is 24.7 Å². The molecule has 1 aliphatic rings. The van der Waals surface area contributed by atoms with Crippen LogP contribution in [0.25, 0.3) is 0 Å². The van der Waals surface area contributed by atoms with Gasteiger partial charge >= 0.3 is 5.97 Å². The Labute approximate surface area is 180 Å². The molecule has 0 aliphatic carbocycles. The van der Waals surface area contributed by atoms with E-state index in [1.54, 1.807) is 19.9 Å². The summed E-state index contributed by atoms with van der Waals surface area (Å²) < 4.78 is 22.9. The van der Waals surface area contributed by atoms with Crippen molar-refractivity contribution in [2.75, 3.05) is 20.3 Å². The Bertz CT molecular complexity index is 903. The van der Waals surface area contributed by atoms with Crippen molar-refractivity contribution in [2.45, 2.75) is 26.7 Å². The lowest BCUT2D eigenvalue weighted by Crippen LogP contribution is -2.26. The molecule has 1 atom stereocenters. The molecule has 7 nitrogen and oxygen atoms in total. The van der Waals surface area contributed by atoms with Crippen LogP contribution < -0.4 is 15.2 Å². The molecule has 0 saturated carbocycles. The third kappa shape index (κ3) is 3.98. The molecular weight excluding hydrogens is 496 g/mol. The fourth-order valence-electron chi connectivity index (χ4n) is 2.91. The minimum Gasteiger partial charge on any atom is -0.493 e. The molecule has 0 aromatic heterocycles. The van der Waals surface area contributed by atoms with Gasteiger partial charge in [-0.05, 0) is 64.3 Å². The summed E-state index contributed by atoms with van der Waals surface area (Å²) in [5.74, 6) is -0.226. The molecule has 1 aromatic rings. The van der Waals surface area contributed by atoms with Gasteiger partial charge in [-0.1, -0.05) is 0 Å². The standard InChI is InChI=1S/C19H20Br2N2O5/c1-5-26-17-12(25-4)7-10(15(20)16(17)21)14-11(8-22)18(23)28-9(3)13(14)19(24)27-6-2/h7,14H,5-6,23H2,1-4H3. The number of hydrogen-bond acceptors (Lipinski definition) is 7. The quantitative estimate of drug-likeness (QED) is 0.564. The average Bonchev–Trinajstić information content (AvgIpc) is 2.65. The lowest BCUT2D eigenvalue weighted by molar-refractivity contribution is -0.139. The number of nitriles is 1. The van der Waals surface area contributed by atoms with E-state index in [1.165, 1.54) is 7.11 Å². The maximum atomic E-state index is 12.7. The first-order valence-corrected chi connectivity index (χ1v) is 10.0. The number of rotatable bonds is 6. The molecular formula is C19H20Br2N2O5. The van der Waals surface area contributed by atoms with Crippen LogP contribution in [0.3, 0.4) is 0 Å². The van der Waals surface area contributed by atoms with E-state index < -0.39 is 11.9 Å². The summed E-state index contributed by atoms with van der Waals surface area (Å²) >= 11 is 7.05. The van der Waals surface area contributed by atoms with Crippen LogP contribution in [0.2, 0.25) is 0 Å². The minimum absolute atomic E-state index is 0.0612. The monoisotopic (exact) mass is 514 g/mol. The highest BCUT2D eigenvalue weighted by Gasteiger charge is 2.38. The van der Waals surface area contributed by atoms with Crippen LogP contribution in [0, 0.1) is 11.3 Å². The molecule has 1 aliphatic heterocycles. The molecule has 0 saturated heterocycles. The molecule has 1 unspecified atom stereocenters. The molecule has 0 radical (unpaired) electrons. The Morgan fingerprint density at radius 1 is 1.32 bits per heavy atom. The van der Waals surface area contributed by atoms with Crippen LogP contribution in [0.5, 0.6) is 11.5 Å². The molecule has 1 heterocycles. The van der Waals surface area contributed by atoms with Crippen molar-refractivity contribution >= 4 is 37.8 Å². The normalized spacial score (nSPS) is 16.4. The van der Waals surface area contributed by atoms with Gasteiger partial charge in [0.05, 0.1) is 36.3 Å². The van der Waals surface area contributed by atoms with Crippen LogP contribution in [0.1, 0.15) is 32.3 Å². The van der Waals surface area contributed by atoms with Crippen molar-refractivity contribution in [3.05, 3.63) is 43.4 Å². The average molecular weight is 516 g/mol. The first-order valence-electron chi connectivity index (χ1n) is 8.46. The zero-order valence-electron chi connectivity index (χ0n) is 15.9. The third-order valence-corrected chi connectivity index (χ3v) is 6.22. The lowest BCUT2D eigenvalue weighted by atomic mass is 9.83. The van der Waals surface area contributed by atoms with Crippen molar-refractivity contribution < 1.29 is 23.7 Å². The van der Waals surface area contributed by atoms with E-state index in [2.05, 4.69) is 37.9 Å². The molecule has 9 heteroatoms. The van der Waals surface area contributed by atoms with Crippen LogP contribution in [-0.4, -0.2) is 26.3 Å². The summed E-state index contributed by atoms with van der Waals surface area (Å²) in [6.07, 6.45) is 0. The van der Waals surface area contributed by atoms with E-state index in [0.717, 1.165) is 0 Å². The van der Waals surface area contributed by atoms with E-state index in [0.29, 0.717) is 32.6 Å². The number of nitrogens with two attached hydrogens (primary N) is 1. The molecule has 0 spiro atoms. The molecule has 0 bridgehead atoms. The van der Waals surface area contributed by atoms with Crippen molar-refractivity contribution in [1.82, 2.24) is 0 Å². The van der Waals surface area contributed by atoms with Gasteiger partial charge in [0.15, 0.2) is 11.5 Å². The minimum atomic E-state index is -0.798. The first kappa shape index (κ1) is 22.1. The summed E-state index contributed by atoms with van der Waals surface area (Å²) in [5, 5.41) is 9.71. The number of carbonyl (C=O) groups is 1. The second-order valence-electron chi connectivity index (χ2n) is 5.67. The lowest BCUT2D eigenvalue weighted by Gasteiger charge is -2.28. The van der Waals surface area contributed by atoms with E-state index in [4.69, 9.17) is 24.7 Å². The fourth-order valence-corrected chi connectivity index (χ4v) is 3.97. The van der Waals surface area contributed by atoms with Gasteiger partial charge in [0, 0.05) is 4.47 Å². The SMILES string of the molecule is CCOC(=O)C1=C(C)OC(N)=C(C#N)C1c1cc(OC)c(OCC)c(Br)c1Br. The Hall–Kier alpha value is -2.18. The van der Waals surface area contributed by atoms with Gasteiger partial charge in [-0.15, -0.1) is 0 Å². The largest absolute Gasteiger partial charge is 0.493 e. The number of carbonyl (C=O) groups excluding carboxylic acids is 1. The Morgan fingerprint density at radius 3 is 2.54 bits per heavy atom. The van der Waals surface area contributed by atoms with E-state index in [-0.39, 0.29) is 29.4 Å². The van der Waals surface area contributed by atoms with Crippen molar-refractivity contribution in [1.29, 1.82) is 5.26 Å². The number of halogens is 2. The summed E-state index contributed by atoms with van der Waals surface area (Å²) in [7, 11) is 1.51. The summed E-state index contributed by atoms with van der Waals surface area (Å²) in [4.78, 5) is 12.7. The van der Waals surface area contributed by atoms with Crippen LogP contribution in [0.4, 0.5) is 0 Å². The maximum absolute atomic E-state index is 12.7. The van der Waals surface area contributed by atoms with Gasteiger partial charge in [-0.25, -0.2) is 4.79 Å². The molecule has 0 amide bonds. The van der Waals surface area contributed by atoms with Gasteiger partial charge in [0.25, 0.3) is 0 Å². The van der Waals surface area contributed by atoms with E-state index in [9.17, 15) is 10.1 Å². The Kier molecular flexibility index (Phi) is 7.38.